The summed E-state index contributed by atoms with van der Waals surface area (Å²) in [4.78, 5) is 38.8. The van der Waals surface area contributed by atoms with Crippen LogP contribution in [-0.2, 0) is 14.3 Å². The Morgan fingerprint density at radius 3 is 2.60 bits per heavy atom. The van der Waals surface area contributed by atoms with Crippen molar-refractivity contribution in [2.45, 2.75) is 109 Å². The fourth-order valence-corrected chi connectivity index (χ4v) is 10.3. The van der Waals surface area contributed by atoms with Crippen LogP contribution in [0.15, 0.2) is 27.6 Å². The molecule has 9 atom stereocenters. The lowest BCUT2D eigenvalue weighted by Gasteiger charge is -2.63. The second-order valence-electron chi connectivity index (χ2n) is 14.4. The van der Waals surface area contributed by atoms with Crippen LogP contribution in [0.2, 0.25) is 0 Å². The molecule has 5 fully saturated rings. The van der Waals surface area contributed by atoms with Crippen LogP contribution >= 0.6 is 0 Å². The van der Waals surface area contributed by atoms with Gasteiger partial charge < -0.3 is 24.3 Å². The molecule has 2 heterocycles. The molecule has 0 spiro atoms. The lowest BCUT2D eigenvalue weighted by atomic mass is 9.43. The number of likely N-dealkylation sites (tertiary alicyclic amines) is 1. The van der Waals surface area contributed by atoms with Gasteiger partial charge in [-0.1, -0.05) is 13.8 Å². The van der Waals surface area contributed by atoms with Gasteiger partial charge in [-0.05, 0) is 106 Å². The number of esters is 1. The molecule has 9 unspecified atom stereocenters. The number of carbonyl (C=O) groups excluding carboxylic acids is 2. The predicted molar refractivity (Wildman–Crippen MR) is 156 cm³/mol. The molecule has 5 aliphatic rings. The Balaban J connectivity index is 1.15. The summed E-state index contributed by atoms with van der Waals surface area (Å²) in [5.74, 6) is 0.309. The SMILES string of the molecule is CC(=O)OC1CC2(O)C3CCC4CC(NC(=O)OCCN5CCCC5)CCC4(C)C3CCC2(C)C1c1ccc(=O)oc1. The van der Waals surface area contributed by atoms with Crippen LogP contribution in [0.1, 0.15) is 96.5 Å². The Kier molecular flexibility index (Phi) is 7.96. The third-order valence-corrected chi connectivity index (χ3v) is 12.4. The lowest BCUT2D eigenvalue weighted by molar-refractivity contribution is -0.202. The minimum atomic E-state index is -1.00. The molecule has 4 aliphatic carbocycles. The number of hydrogen-bond acceptors (Lipinski definition) is 8. The molecule has 0 bridgehead atoms. The highest BCUT2D eigenvalue weighted by Gasteiger charge is 2.70. The number of hydrogen-bond donors (Lipinski definition) is 2. The van der Waals surface area contributed by atoms with Crippen LogP contribution < -0.4 is 10.9 Å². The Hall–Kier alpha value is -2.39. The van der Waals surface area contributed by atoms with E-state index in [4.69, 9.17) is 13.9 Å². The van der Waals surface area contributed by atoms with Crippen molar-refractivity contribution in [1.82, 2.24) is 10.2 Å². The molecule has 1 saturated heterocycles. The predicted octanol–water partition coefficient (Wildman–Crippen LogP) is 4.61. The van der Waals surface area contributed by atoms with E-state index in [0.717, 1.165) is 70.1 Å². The van der Waals surface area contributed by atoms with E-state index >= 15 is 0 Å². The Bertz CT molecular complexity index is 1210. The van der Waals surface area contributed by atoms with Gasteiger partial charge in [0.2, 0.25) is 0 Å². The minimum Gasteiger partial charge on any atom is -0.462 e. The molecule has 0 radical (unpaired) electrons. The van der Waals surface area contributed by atoms with Crippen LogP contribution in [0.4, 0.5) is 4.79 Å². The number of rotatable bonds is 6. The zero-order valence-corrected chi connectivity index (χ0v) is 25.4. The topological polar surface area (TPSA) is 118 Å². The number of amides is 1. The van der Waals surface area contributed by atoms with Crippen LogP contribution in [0.25, 0.3) is 0 Å². The number of nitrogens with one attached hydrogen (secondary N) is 1. The lowest BCUT2D eigenvalue weighted by Crippen LogP contribution is -2.62. The maximum Gasteiger partial charge on any atom is 0.407 e. The van der Waals surface area contributed by atoms with Gasteiger partial charge in [0.25, 0.3) is 0 Å². The Labute approximate surface area is 248 Å². The zero-order valence-electron chi connectivity index (χ0n) is 25.4. The molecule has 9 heteroatoms. The average Bonchev–Trinajstić information content (AvgIpc) is 3.53. The summed E-state index contributed by atoms with van der Waals surface area (Å²) in [6, 6.07) is 3.29. The van der Waals surface area contributed by atoms with E-state index in [-0.39, 0.29) is 35.4 Å². The largest absolute Gasteiger partial charge is 0.462 e. The highest BCUT2D eigenvalue weighted by molar-refractivity contribution is 5.67. The molecular weight excluding hydrogens is 536 g/mol. The van der Waals surface area contributed by atoms with Gasteiger partial charge in [-0.15, -0.1) is 0 Å². The first-order valence-corrected chi connectivity index (χ1v) is 16.2. The van der Waals surface area contributed by atoms with Gasteiger partial charge in [0, 0.05) is 43.3 Å². The third-order valence-electron chi connectivity index (χ3n) is 12.4. The highest BCUT2D eigenvalue weighted by Crippen LogP contribution is 2.70. The summed E-state index contributed by atoms with van der Waals surface area (Å²) >= 11 is 0. The van der Waals surface area contributed by atoms with E-state index in [0.29, 0.717) is 24.9 Å². The standard InChI is InChI=1S/C33H48N2O7/c1-21(36)42-27-19-33(39)26-8-7-23-18-24(34-30(38)40-17-16-35-14-4-5-15-35)10-12-31(23,2)25(26)11-13-32(33,3)29(27)22-6-9-28(37)41-20-22/h6,9,20,23-27,29,39H,4-5,7-8,10-19H2,1-3H3,(H,34,38). The minimum absolute atomic E-state index is 0.0758. The maximum atomic E-state index is 12.7. The molecule has 6 rings (SSSR count). The molecule has 4 saturated carbocycles. The molecule has 42 heavy (non-hydrogen) atoms. The van der Waals surface area contributed by atoms with Crippen LogP contribution in [0, 0.1) is 28.6 Å². The van der Waals surface area contributed by atoms with Crippen molar-refractivity contribution in [3.8, 4) is 0 Å². The summed E-state index contributed by atoms with van der Waals surface area (Å²) in [7, 11) is 0. The summed E-state index contributed by atoms with van der Waals surface area (Å²) in [5.41, 5.74) is -1.06. The van der Waals surface area contributed by atoms with E-state index in [1.165, 1.54) is 32.1 Å². The van der Waals surface area contributed by atoms with Crippen LogP contribution in [0.5, 0.6) is 0 Å². The second kappa shape index (κ2) is 11.3. The molecular formula is C33H48N2O7. The van der Waals surface area contributed by atoms with E-state index in [1.807, 2.05) is 0 Å². The van der Waals surface area contributed by atoms with E-state index in [1.54, 1.807) is 6.07 Å². The molecule has 1 amide bonds. The highest BCUT2D eigenvalue weighted by atomic mass is 16.6. The van der Waals surface area contributed by atoms with Crippen molar-refractivity contribution in [3.05, 3.63) is 34.4 Å². The smallest absolute Gasteiger partial charge is 0.407 e. The average molecular weight is 585 g/mol. The summed E-state index contributed by atoms with van der Waals surface area (Å²) in [6.07, 6.45) is 10.1. The van der Waals surface area contributed by atoms with Crippen molar-refractivity contribution in [1.29, 1.82) is 0 Å². The normalized spacial score (nSPS) is 41.3. The van der Waals surface area contributed by atoms with Gasteiger partial charge in [-0.25, -0.2) is 9.59 Å². The number of aliphatic hydroxyl groups is 1. The van der Waals surface area contributed by atoms with Gasteiger partial charge in [0.15, 0.2) is 0 Å². The summed E-state index contributed by atoms with van der Waals surface area (Å²) in [5, 5.41) is 15.9. The number of ether oxygens (including phenoxy) is 2. The van der Waals surface area contributed by atoms with Gasteiger partial charge in [0.05, 0.1) is 11.9 Å². The third kappa shape index (κ3) is 5.08. The quantitative estimate of drug-likeness (QED) is 0.466. The summed E-state index contributed by atoms with van der Waals surface area (Å²) < 4.78 is 16.6. The van der Waals surface area contributed by atoms with Crippen molar-refractivity contribution in [2.75, 3.05) is 26.2 Å². The van der Waals surface area contributed by atoms with Crippen molar-refractivity contribution in [2.24, 2.45) is 28.6 Å². The molecule has 1 aliphatic heterocycles. The number of alkyl carbamates (subject to hydrolysis) is 1. The van der Waals surface area contributed by atoms with Gasteiger partial charge in [-0.2, -0.15) is 0 Å². The van der Waals surface area contributed by atoms with Gasteiger partial charge >= 0.3 is 17.7 Å². The zero-order chi connectivity index (χ0) is 29.7. The number of nitrogens with zero attached hydrogens (tertiary/aromatic N) is 1. The second-order valence-corrected chi connectivity index (χ2v) is 14.4. The molecule has 2 N–H and O–H groups in total. The fraction of sp³-hybridized carbons (Fsp3) is 0.788. The van der Waals surface area contributed by atoms with Crippen LogP contribution in [0.3, 0.4) is 0 Å². The first kappa shape index (κ1) is 29.7. The molecule has 0 aromatic carbocycles. The molecule has 1 aromatic heterocycles. The van der Waals surface area contributed by atoms with Crippen LogP contribution in [-0.4, -0.2) is 66.1 Å². The first-order chi connectivity index (χ1) is 20.0. The molecule has 9 nitrogen and oxygen atoms in total. The molecule has 232 valence electrons. The summed E-state index contributed by atoms with van der Waals surface area (Å²) in [6.45, 7) is 9.41. The Morgan fingerprint density at radius 2 is 1.88 bits per heavy atom. The monoisotopic (exact) mass is 584 g/mol. The number of carbonyl (C=O) groups is 2. The maximum absolute atomic E-state index is 12.7. The fourth-order valence-electron chi connectivity index (χ4n) is 10.3. The van der Waals surface area contributed by atoms with Crippen molar-refractivity contribution < 1.29 is 28.6 Å². The first-order valence-electron chi connectivity index (χ1n) is 16.2. The van der Waals surface area contributed by atoms with E-state index in [2.05, 4.69) is 24.1 Å². The van der Waals surface area contributed by atoms with Crippen molar-refractivity contribution >= 4 is 12.1 Å². The number of fused-ring (bicyclic) bond motifs is 5. The molecule has 1 aromatic rings. The Morgan fingerprint density at radius 1 is 1.10 bits per heavy atom. The van der Waals surface area contributed by atoms with Gasteiger partial charge in [-0.3, -0.25) is 9.69 Å². The van der Waals surface area contributed by atoms with Crippen molar-refractivity contribution in [3.63, 3.8) is 0 Å². The van der Waals surface area contributed by atoms with E-state index in [9.17, 15) is 19.5 Å². The van der Waals surface area contributed by atoms with Gasteiger partial charge in [0.1, 0.15) is 12.7 Å². The van der Waals surface area contributed by atoms with E-state index < -0.39 is 22.7 Å².